The number of nitrogens with one attached hydrogen (secondary N) is 1. The first-order valence-corrected chi connectivity index (χ1v) is 11.6. The number of amides is 2. The van der Waals surface area contributed by atoms with Crippen molar-refractivity contribution in [2.24, 2.45) is 0 Å². The van der Waals surface area contributed by atoms with Crippen molar-refractivity contribution in [2.75, 3.05) is 46.3 Å². The molecule has 0 saturated carbocycles. The maximum atomic E-state index is 12.9. The summed E-state index contributed by atoms with van der Waals surface area (Å²) >= 11 is 0. The quantitative estimate of drug-likeness (QED) is 0.745. The van der Waals surface area contributed by atoms with Crippen LogP contribution in [0.1, 0.15) is 31.2 Å². The smallest absolute Gasteiger partial charge is 0.237 e. The molecular formula is C25H34N4O2. The van der Waals surface area contributed by atoms with Gasteiger partial charge in [0.1, 0.15) is 0 Å². The van der Waals surface area contributed by atoms with Gasteiger partial charge in [0.2, 0.25) is 11.8 Å². The molecule has 2 fully saturated rings. The fourth-order valence-corrected chi connectivity index (χ4v) is 4.67. The van der Waals surface area contributed by atoms with Crippen LogP contribution in [0.5, 0.6) is 0 Å². The molecule has 2 saturated heterocycles. The SMILES string of the molecule is CN(CCN1CCCCC1)C(=O)C[C@H]1C(=O)NCCN1Cc1ccc2ccccc2c1. The Morgan fingerprint density at radius 3 is 2.65 bits per heavy atom. The van der Waals surface area contributed by atoms with Gasteiger partial charge in [0.25, 0.3) is 0 Å². The number of nitrogens with zero attached hydrogens (tertiary/aromatic N) is 3. The van der Waals surface area contributed by atoms with E-state index < -0.39 is 6.04 Å². The van der Waals surface area contributed by atoms with E-state index in [1.165, 1.54) is 35.6 Å². The van der Waals surface area contributed by atoms with Gasteiger partial charge in [0.15, 0.2) is 0 Å². The molecule has 6 nitrogen and oxygen atoms in total. The number of piperazine rings is 1. The molecule has 0 unspecified atom stereocenters. The zero-order chi connectivity index (χ0) is 21.6. The van der Waals surface area contributed by atoms with Crippen molar-refractivity contribution in [3.63, 3.8) is 0 Å². The number of carbonyl (C=O) groups excluding carboxylic acids is 2. The molecule has 0 aromatic heterocycles. The minimum absolute atomic E-state index is 0.0372. The lowest BCUT2D eigenvalue weighted by Crippen LogP contribution is -2.56. The summed E-state index contributed by atoms with van der Waals surface area (Å²) < 4.78 is 0. The lowest BCUT2D eigenvalue weighted by Gasteiger charge is -2.35. The molecule has 166 valence electrons. The van der Waals surface area contributed by atoms with Crippen LogP contribution < -0.4 is 5.32 Å². The first-order chi connectivity index (χ1) is 15.1. The first-order valence-electron chi connectivity index (χ1n) is 11.6. The van der Waals surface area contributed by atoms with Crippen molar-refractivity contribution in [3.8, 4) is 0 Å². The van der Waals surface area contributed by atoms with Crippen LogP contribution in [0, 0.1) is 0 Å². The van der Waals surface area contributed by atoms with Crippen molar-refractivity contribution in [1.82, 2.24) is 20.0 Å². The van der Waals surface area contributed by atoms with Gasteiger partial charge >= 0.3 is 0 Å². The van der Waals surface area contributed by atoms with E-state index in [1.807, 2.05) is 19.2 Å². The van der Waals surface area contributed by atoms with Crippen molar-refractivity contribution in [2.45, 2.75) is 38.3 Å². The first kappa shape index (κ1) is 21.8. The Bertz CT molecular complexity index is 909. The maximum absolute atomic E-state index is 12.9. The van der Waals surface area contributed by atoms with Gasteiger partial charge in [-0.1, -0.05) is 42.8 Å². The Labute approximate surface area is 185 Å². The summed E-state index contributed by atoms with van der Waals surface area (Å²) in [5.74, 6) is 0.00684. The van der Waals surface area contributed by atoms with Crippen LogP contribution >= 0.6 is 0 Å². The van der Waals surface area contributed by atoms with E-state index in [0.717, 1.165) is 32.7 Å². The summed E-state index contributed by atoms with van der Waals surface area (Å²) in [6, 6.07) is 14.3. The molecule has 31 heavy (non-hydrogen) atoms. The summed E-state index contributed by atoms with van der Waals surface area (Å²) in [6.45, 7) is 5.96. The second kappa shape index (κ2) is 10.2. The van der Waals surface area contributed by atoms with Crippen molar-refractivity contribution in [3.05, 3.63) is 48.0 Å². The van der Waals surface area contributed by atoms with Gasteiger partial charge < -0.3 is 15.1 Å². The lowest BCUT2D eigenvalue weighted by molar-refractivity contribution is -0.138. The largest absolute Gasteiger partial charge is 0.353 e. The highest BCUT2D eigenvalue weighted by molar-refractivity contribution is 5.89. The summed E-state index contributed by atoms with van der Waals surface area (Å²) in [5, 5.41) is 5.36. The Morgan fingerprint density at radius 2 is 1.84 bits per heavy atom. The molecule has 1 atom stereocenters. The average Bonchev–Trinajstić information content (AvgIpc) is 2.80. The minimum Gasteiger partial charge on any atom is -0.353 e. The van der Waals surface area contributed by atoms with E-state index >= 15 is 0 Å². The molecule has 2 heterocycles. The number of likely N-dealkylation sites (tertiary alicyclic amines) is 1. The van der Waals surface area contributed by atoms with Gasteiger partial charge in [-0.15, -0.1) is 0 Å². The van der Waals surface area contributed by atoms with Crippen LogP contribution in [0.3, 0.4) is 0 Å². The van der Waals surface area contributed by atoms with E-state index in [4.69, 9.17) is 0 Å². The van der Waals surface area contributed by atoms with Gasteiger partial charge in [-0.05, 0) is 48.3 Å². The van der Waals surface area contributed by atoms with Gasteiger partial charge in [-0.2, -0.15) is 0 Å². The summed E-state index contributed by atoms with van der Waals surface area (Å²) in [4.78, 5) is 31.9. The standard InChI is InChI=1S/C25H34N4O2/c1-27(15-16-28-12-5-2-6-13-28)24(30)18-23-25(31)26-11-14-29(23)19-20-9-10-21-7-3-4-8-22(21)17-20/h3-4,7-10,17,23H,2,5-6,11-16,18-19H2,1H3,(H,26,31)/t23-/m0/s1. The monoisotopic (exact) mass is 422 g/mol. The third-order valence-corrected chi connectivity index (χ3v) is 6.64. The Kier molecular flexibility index (Phi) is 7.20. The number of rotatable bonds is 7. The Morgan fingerprint density at radius 1 is 1.06 bits per heavy atom. The third-order valence-electron chi connectivity index (χ3n) is 6.64. The van der Waals surface area contributed by atoms with E-state index in [1.54, 1.807) is 4.90 Å². The molecule has 4 rings (SSSR count). The minimum atomic E-state index is -0.412. The Hall–Kier alpha value is -2.44. The molecular weight excluding hydrogens is 388 g/mol. The van der Waals surface area contributed by atoms with Crippen LogP contribution in [0.15, 0.2) is 42.5 Å². The van der Waals surface area contributed by atoms with Crippen LogP contribution in [0.25, 0.3) is 10.8 Å². The lowest BCUT2D eigenvalue weighted by atomic mass is 10.0. The topological polar surface area (TPSA) is 55.9 Å². The number of benzene rings is 2. The maximum Gasteiger partial charge on any atom is 0.237 e. The molecule has 0 radical (unpaired) electrons. The second-order valence-corrected chi connectivity index (χ2v) is 8.88. The number of carbonyl (C=O) groups is 2. The third kappa shape index (κ3) is 5.63. The number of hydrogen-bond acceptors (Lipinski definition) is 4. The van der Waals surface area contributed by atoms with Crippen LogP contribution in [0.4, 0.5) is 0 Å². The summed E-state index contributed by atoms with van der Waals surface area (Å²) in [5.41, 5.74) is 1.17. The van der Waals surface area contributed by atoms with Crippen LogP contribution in [0.2, 0.25) is 0 Å². The number of hydrogen-bond donors (Lipinski definition) is 1. The van der Waals surface area contributed by atoms with Gasteiger partial charge in [-0.3, -0.25) is 14.5 Å². The van der Waals surface area contributed by atoms with Crippen molar-refractivity contribution in [1.29, 1.82) is 0 Å². The molecule has 2 aliphatic rings. The van der Waals surface area contributed by atoms with Crippen molar-refractivity contribution >= 4 is 22.6 Å². The van der Waals surface area contributed by atoms with Gasteiger partial charge in [-0.25, -0.2) is 0 Å². The van der Waals surface area contributed by atoms with Gasteiger partial charge in [0.05, 0.1) is 12.5 Å². The molecule has 2 amide bonds. The Balaban J connectivity index is 1.37. The highest BCUT2D eigenvalue weighted by Gasteiger charge is 2.32. The fourth-order valence-electron chi connectivity index (χ4n) is 4.67. The van der Waals surface area contributed by atoms with Crippen LogP contribution in [-0.2, 0) is 16.1 Å². The molecule has 0 aliphatic carbocycles. The molecule has 0 bridgehead atoms. The fraction of sp³-hybridized carbons (Fsp3) is 0.520. The van der Waals surface area contributed by atoms with Crippen LogP contribution in [-0.4, -0.2) is 78.9 Å². The second-order valence-electron chi connectivity index (χ2n) is 8.88. The number of piperidine rings is 1. The predicted molar refractivity (Wildman–Crippen MR) is 124 cm³/mol. The molecule has 1 N–H and O–H groups in total. The normalized spacial score (nSPS) is 20.5. The molecule has 2 aromatic rings. The van der Waals surface area contributed by atoms with E-state index in [0.29, 0.717) is 13.1 Å². The van der Waals surface area contributed by atoms with Crippen molar-refractivity contribution < 1.29 is 9.59 Å². The predicted octanol–water partition coefficient (Wildman–Crippen LogP) is 2.47. The highest BCUT2D eigenvalue weighted by Crippen LogP contribution is 2.20. The zero-order valence-corrected chi connectivity index (χ0v) is 18.6. The summed E-state index contributed by atoms with van der Waals surface area (Å²) in [6.07, 6.45) is 4.05. The highest BCUT2D eigenvalue weighted by atomic mass is 16.2. The summed E-state index contributed by atoms with van der Waals surface area (Å²) in [7, 11) is 1.86. The molecule has 2 aromatic carbocycles. The van der Waals surface area contributed by atoms with E-state index in [-0.39, 0.29) is 18.2 Å². The molecule has 6 heteroatoms. The zero-order valence-electron chi connectivity index (χ0n) is 18.6. The van der Waals surface area contributed by atoms with Gasteiger partial charge in [0, 0.05) is 39.8 Å². The van der Waals surface area contributed by atoms with E-state index in [2.05, 4.69) is 45.4 Å². The number of likely N-dealkylation sites (N-methyl/N-ethyl adjacent to an activating group) is 1. The molecule has 0 spiro atoms. The average molecular weight is 423 g/mol. The number of fused-ring (bicyclic) bond motifs is 1. The molecule has 2 aliphatic heterocycles. The van der Waals surface area contributed by atoms with E-state index in [9.17, 15) is 9.59 Å².